The lowest BCUT2D eigenvalue weighted by Gasteiger charge is -2.34. The summed E-state index contributed by atoms with van der Waals surface area (Å²) in [5.41, 5.74) is 2.53. The minimum atomic E-state index is -1.46. The molecule has 2 aromatic rings. The second kappa shape index (κ2) is 11.2. The largest absolute Gasteiger partial charge is 0.342 e. The van der Waals surface area contributed by atoms with Crippen molar-refractivity contribution < 1.29 is 18.0 Å². The second-order valence-electron chi connectivity index (χ2n) is 8.42. The first-order chi connectivity index (χ1) is 14.8. The summed E-state index contributed by atoms with van der Waals surface area (Å²) in [6, 6.07) is 4.45. The highest BCUT2D eigenvalue weighted by Gasteiger charge is 2.26. The second-order valence-corrected chi connectivity index (χ2v) is 8.42. The Morgan fingerprint density at radius 3 is 2.31 bits per heavy atom. The molecule has 1 saturated heterocycles. The average Bonchev–Trinajstić information content (AvgIpc) is 3.05. The van der Waals surface area contributed by atoms with Crippen LogP contribution in [-0.4, -0.2) is 34.5 Å². The lowest BCUT2D eigenvalue weighted by Crippen LogP contribution is -2.46. The molecule has 0 bridgehead atoms. The number of aryl methyl sites for hydroxylation is 1. The first kappa shape index (κ1) is 26.3. The molecule has 0 atom stereocenters. The van der Waals surface area contributed by atoms with Crippen LogP contribution in [0.5, 0.6) is 0 Å². The van der Waals surface area contributed by atoms with Gasteiger partial charge in [-0.3, -0.25) is 4.79 Å². The molecule has 1 aliphatic rings. The van der Waals surface area contributed by atoms with Crippen molar-refractivity contribution in [3.05, 3.63) is 52.6 Å². The van der Waals surface area contributed by atoms with Crippen molar-refractivity contribution in [3.8, 4) is 5.69 Å². The van der Waals surface area contributed by atoms with Crippen LogP contribution < -0.4 is 5.32 Å². The van der Waals surface area contributed by atoms with E-state index < -0.39 is 17.5 Å². The van der Waals surface area contributed by atoms with Gasteiger partial charge >= 0.3 is 0 Å². The summed E-state index contributed by atoms with van der Waals surface area (Å²) in [6.45, 7) is 9.89. The molecule has 0 aliphatic carbocycles. The minimum Gasteiger partial charge on any atom is -0.342 e. The van der Waals surface area contributed by atoms with Gasteiger partial charge in [-0.2, -0.15) is 0 Å². The quantitative estimate of drug-likeness (QED) is 0.545. The predicted octanol–water partition coefficient (Wildman–Crippen LogP) is 5.45. The molecule has 2 heterocycles. The summed E-state index contributed by atoms with van der Waals surface area (Å²) in [5, 5.41) is 3.54. The molecule has 0 unspecified atom stereocenters. The number of benzene rings is 1. The molecule has 0 spiro atoms. The summed E-state index contributed by atoms with van der Waals surface area (Å²) in [5.74, 6) is -3.46. The number of halogens is 4. The van der Waals surface area contributed by atoms with Gasteiger partial charge in [-0.05, 0) is 63.3 Å². The van der Waals surface area contributed by atoms with Gasteiger partial charge in [-0.15, -0.1) is 12.4 Å². The topological polar surface area (TPSA) is 37.3 Å². The van der Waals surface area contributed by atoms with Crippen molar-refractivity contribution in [2.75, 3.05) is 13.1 Å². The number of hydrogen-bond acceptors (Lipinski definition) is 2. The highest BCUT2D eigenvalue weighted by atomic mass is 35.5. The lowest BCUT2D eigenvalue weighted by molar-refractivity contribution is -0.136. The van der Waals surface area contributed by atoms with Gasteiger partial charge in [0, 0.05) is 43.0 Å². The van der Waals surface area contributed by atoms with E-state index in [-0.39, 0.29) is 29.9 Å². The molecular weight excluding hydrogens is 439 g/mol. The van der Waals surface area contributed by atoms with Crippen molar-refractivity contribution in [1.82, 2.24) is 14.8 Å². The zero-order valence-corrected chi connectivity index (χ0v) is 20.0. The van der Waals surface area contributed by atoms with E-state index in [0.29, 0.717) is 12.6 Å². The number of piperidine rings is 1. The van der Waals surface area contributed by atoms with Crippen LogP contribution in [0.4, 0.5) is 13.2 Å². The molecule has 32 heavy (non-hydrogen) atoms. The molecule has 1 fully saturated rings. The van der Waals surface area contributed by atoms with Crippen molar-refractivity contribution in [3.63, 3.8) is 0 Å². The summed E-state index contributed by atoms with van der Waals surface area (Å²) in [6.07, 6.45) is 3.54. The Bertz CT molecular complexity index is 935. The van der Waals surface area contributed by atoms with Crippen molar-refractivity contribution in [1.29, 1.82) is 0 Å². The molecule has 4 nitrogen and oxygen atoms in total. The maximum absolute atomic E-state index is 14.3. The number of carbonyl (C=O) groups excluding carboxylic acids is 1. The summed E-state index contributed by atoms with van der Waals surface area (Å²) in [7, 11) is 0. The molecule has 1 aliphatic heterocycles. The van der Waals surface area contributed by atoms with Crippen LogP contribution in [0.25, 0.3) is 5.69 Å². The Morgan fingerprint density at radius 1 is 1.09 bits per heavy atom. The highest BCUT2D eigenvalue weighted by Crippen LogP contribution is 2.26. The van der Waals surface area contributed by atoms with E-state index in [0.717, 1.165) is 61.8 Å². The first-order valence-corrected chi connectivity index (χ1v) is 11.1. The van der Waals surface area contributed by atoms with E-state index in [9.17, 15) is 18.0 Å². The van der Waals surface area contributed by atoms with Crippen LogP contribution in [0.1, 0.15) is 56.5 Å². The maximum Gasteiger partial charge on any atom is 0.225 e. The Balaban J connectivity index is 0.00000363. The maximum atomic E-state index is 14.3. The number of carbonyl (C=O) groups is 1. The van der Waals surface area contributed by atoms with Crippen LogP contribution in [0.3, 0.4) is 0 Å². The first-order valence-electron chi connectivity index (χ1n) is 11.1. The monoisotopic (exact) mass is 471 g/mol. The number of nitrogens with zero attached hydrogens (tertiary/aromatic N) is 2. The Morgan fingerprint density at radius 2 is 1.72 bits per heavy atom. The van der Waals surface area contributed by atoms with Crippen LogP contribution in [0.2, 0.25) is 0 Å². The molecule has 0 saturated carbocycles. The van der Waals surface area contributed by atoms with Gasteiger partial charge < -0.3 is 14.8 Å². The van der Waals surface area contributed by atoms with Gasteiger partial charge in [0.1, 0.15) is 0 Å². The van der Waals surface area contributed by atoms with Crippen LogP contribution in [0, 0.1) is 37.2 Å². The molecule has 1 amide bonds. The Hall–Kier alpha value is -1.99. The van der Waals surface area contributed by atoms with E-state index in [1.165, 1.54) is 6.07 Å². The zero-order chi connectivity index (χ0) is 22.7. The van der Waals surface area contributed by atoms with E-state index in [1.807, 2.05) is 24.8 Å². The van der Waals surface area contributed by atoms with Gasteiger partial charge in [0.25, 0.3) is 0 Å². The molecule has 178 valence electrons. The van der Waals surface area contributed by atoms with Gasteiger partial charge in [0.05, 0.1) is 5.69 Å². The van der Waals surface area contributed by atoms with Crippen molar-refractivity contribution in [2.45, 2.75) is 66.0 Å². The van der Waals surface area contributed by atoms with Gasteiger partial charge in [-0.25, -0.2) is 13.2 Å². The fraction of sp³-hybridized carbons (Fsp3) is 0.542. The van der Waals surface area contributed by atoms with E-state index in [1.54, 1.807) is 4.57 Å². The predicted molar refractivity (Wildman–Crippen MR) is 123 cm³/mol. The number of likely N-dealkylation sites (tertiary alicyclic amines) is 1. The standard InChI is InChI=1S/C24H32F3N3O.ClH/c1-5-17(6-2)24(31)29-11-9-19(10-12-29)28-14-18-13-15(3)30(16(18)4)21-8-7-20(25)22(26)23(21)27;/h7-8,13,17,19,28H,5-6,9-12,14H2,1-4H3;1H. The highest BCUT2D eigenvalue weighted by molar-refractivity contribution is 5.85. The molecule has 3 rings (SSSR count). The van der Waals surface area contributed by atoms with Gasteiger partial charge in [0.2, 0.25) is 5.91 Å². The third kappa shape index (κ3) is 5.31. The number of nitrogens with one attached hydrogen (secondary N) is 1. The Labute approximate surface area is 194 Å². The third-order valence-corrected chi connectivity index (χ3v) is 6.51. The SMILES string of the molecule is CCC(CC)C(=O)N1CCC(NCc2cc(C)n(-c3ccc(F)c(F)c3F)c2C)CC1.Cl. The third-order valence-electron chi connectivity index (χ3n) is 6.51. The number of rotatable bonds is 7. The molecule has 0 radical (unpaired) electrons. The van der Waals surface area contributed by atoms with Gasteiger partial charge in [0.15, 0.2) is 17.5 Å². The molecule has 1 aromatic heterocycles. The Kier molecular flexibility index (Phi) is 9.22. The number of aromatic nitrogens is 1. The zero-order valence-electron chi connectivity index (χ0n) is 19.2. The fourth-order valence-corrected chi connectivity index (χ4v) is 4.52. The van der Waals surface area contributed by atoms with Crippen molar-refractivity contribution >= 4 is 18.3 Å². The summed E-state index contributed by atoms with van der Waals surface area (Å²) >= 11 is 0. The summed E-state index contributed by atoms with van der Waals surface area (Å²) < 4.78 is 43.0. The van der Waals surface area contributed by atoms with E-state index >= 15 is 0 Å². The normalized spacial score (nSPS) is 14.7. The number of amides is 1. The van der Waals surface area contributed by atoms with E-state index in [4.69, 9.17) is 0 Å². The van der Waals surface area contributed by atoms with Crippen LogP contribution >= 0.6 is 12.4 Å². The smallest absolute Gasteiger partial charge is 0.225 e. The summed E-state index contributed by atoms with van der Waals surface area (Å²) in [4.78, 5) is 14.5. The molecule has 1 aromatic carbocycles. The van der Waals surface area contributed by atoms with Crippen LogP contribution in [0.15, 0.2) is 18.2 Å². The van der Waals surface area contributed by atoms with Crippen molar-refractivity contribution in [2.24, 2.45) is 5.92 Å². The molecule has 1 N–H and O–H groups in total. The number of hydrogen-bond donors (Lipinski definition) is 1. The average molecular weight is 472 g/mol. The lowest BCUT2D eigenvalue weighted by atomic mass is 9.98. The fourth-order valence-electron chi connectivity index (χ4n) is 4.52. The molecule has 8 heteroatoms. The van der Waals surface area contributed by atoms with E-state index in [2.05, 4.69) is 19.2 Å². The van der Waals surface area contributed by atoms with Crippen LogP contribution in [-0.2, 0) is 11.3 Å². The molecular formula is C24H33ClF3N3O. The minimum absolute atomic E-state index is 0. The van der Waals surface area contributed by atoms with Gasteiger partial charge in [-0.1, -0.05) is 13.8 Å².